The lowest BCUT2D eigenvalue weighted by molar-refractivity contribution is 0.112. The van der Waals surface area contributed by atoms with Crippen LogP contribution in [0, 0.1) is 28.8 Å². The van der Waals surface area contributed by atoms with E-state index >= 15 is 0 Å². The number of carbonyl (C=O) groups excluding carboxylic acids is 1. The van der Waals surface area contributed by atoms with E-state index in [2.05, 4.69) is 0 Å². The van der Waals surface area contributed by atoms with Crippen molar-refractivity contribution < 1.29 is 22.7 Å². The smallest absolute Gasteiger partial charge is 0.198 e. The third-order valence-electron chi connectivity index (χ3n) is 2.46. The van der Waals surface area contributed by atoms with Gasteiger partial charge in [0.2, 0.25) is 0 Å². The molecule has 2 aromatic rings. The first-order valence-electron chi connectivity index (χ1n) is 5.37. The number of halogens is 3. The highest BCUT2D eigenvalue weighted by atomic mass is 19.1. The van der Waals surface area contributed by atoms with E-state index in [4.69, 9.17) is 10.00 Å². The first kappa shape index (κ1) is 13.6. The summed E-state index contributed by atoms with van der Waals surface area (Å²) in [5.41, 5.74) is -0.669. The second kappa shape index (κ2) is 5.45. The minimum absolute atomic E-state index is 0.202. The summed E-state index contributed by atoms with van der Waals surface area (Å²) in [4.78, 5) is 10.5. The van der Waals surface area contributed by atoms with Crippen molar-refractivity contribution in [2.45, 2.75) is 0 Å². The van der Waals surface area contributed by atoms with Crippen LogP contribution in [0.1, 0.15) is 15.9 Å². The minimum atomic E-state index is -1.12. The quantitative estimate of drug-likeness (QED) is 0.806. The molecule has 3 nitrogen and oxygen atoms in total. The van der Waals surface area contributed by atoms with Crippen LogP contribution in [0.5, 0.6) is 11.5 Å². The van der Waals surface area contributed by atoms with Gasteiger partial charge in [0.1, 0.15) is 29.5 Å². The molecule has 0 bridgehead atoms. The number of aldehydes is 1. The number of benzene rings is 2. The predicted molar refractivity (Wildman–Crippen MR) is 62.9 cm³/mol. The molecule has 0 saturated carbocycles. The zero-order valence-electron chi connectivity index (χ0n) is 9.86. The van der Waals surface area contributed by atoms with E-state index in [1.54, 1.807) is 6.07 Å². The molecule has 0 N–H and O–H groups in total. The third-order valence-corrected chi connectivity index (χ3v) is 2.46. The van der Waals surface area contributed by atoms with Crippen molar-refractivity contribution in [1.82, 2.24) is 0 Å². The van der Waals surface area contributed by atoms with Gasteiger partial charge in [0.25, 0.3) is 0 Å². The summed E-state index contributed by atoms with van der Waals surface area (Å²) in [6.45, 7) is 0. The molecule has 0 aliphatic carbocycles. The molecule has 0 aromatic heterocycles. The Hall–Kier alpha value is -2.81. The van der Waals surface area contributed by atoms with E-state index in [1.165, 1.54) is 12.1 Å². The predicted octanol–water partition coefficient (Wildman–Crippen LogP) is 3.58. The van der Waals surface area contributed by atoms with Gasteiger partial charge in [-0.3, -0.25) is 4.79 Å². The van der Waals surface area contributed by atoms with E-state index in [1.807, 2.05) is 0 Å². The van der Waals surface area contributed by atoms with Crippen LogP contribution in [-0.2, 0) is 0 Å². The zero-order valence-corrected chi connectivity index (χ0v) is 9.86. The van der Waals surface area contributed by atoms with Gasteiger partial charge in [-0.05, 0) is 24.3 Å². The van der Waals surface area contributed by atoms with Gasteiger partial charge in [-0.15, -0.1) is 0 Å². The highest BCUT2D eigenvalue weighted by Crippen LogP contribution is 2.31. The maximum atomic E-state index is 13.6. The summed E-state index contributed by atoms with van der Waals surface area (Å²) in [6, 6.07) is 6.55. The fraction of sp³-hybridized carbons (Fsp3) is 0. The maximum absolute atomic E-state index is 13.6. The SMILES string of the molecule is N#Cc1c(F)cccc1Oc1c(F)cc(C=O)cc1F. The molecule has 0 amide bonds. The molecule has 20 heavy (non-hydrogen) atoms. The average Bonchev–Trinajstić information content (AvgIpc) is 2.42. The third kappa shape index (κ3) is 2.47. The summed E-state index contributed by atoms with van der Waals surface area (Å²) in [5, 5.41) is 8.79. The second-order valence-electron chi connectivity index (χ2n) is 3.76. The van der Waals surface area contributed by atoms with Crippen molar-refractivity contribution in [3.05, 3.63) is 58.9 Å². The molecule has 0 aliphatic heterocycles. The van der Waals surface area contributed by atoms with Gasteiger partial charge in [0, 0.05) is 5.56 Å². The van der Waals surface area contributed by atoms with Gasteiger partial charge >= 0.3 is 0 Å². The summed E-state index contributed by atoms with van der Waals surface area (Å²) < 4.78 is 45.5. The van der Waals surface area contributed by atoms with Crippen LogP contribution in [0.4, 0.5) is 13.2 Å². The number of hydrogen-bond acceptors (Lipinski definition) is 3. The minimum Gasteiger partial charge on any atom is -0.450 e. The van der Waals surface area contributed by atoms with Crippen molar-refractivity contribution in [3.63, 3.8) is 0 Å². The van der Waals surface area contributed by atoms with Crippen LogP contribution in [0.15, 0.2) is 30.3 Å². The number of ether oxygens (including phenoxy) is 1. The Kier molecular flexibility index (Phi) is 3.71. The van der Waals surface area contributed by atoms with Gasteiger partial charge in [-0.1, -0.05) is 6.07 Å². The first-order chi connectivity index (χ1) is 9.56. The van der Waals surface area contributed by atoms with Crippen molar-refractivity contribution in [3.8, 4) is 17.6 Å². The molecule has 6 heteroatoms. The van der Waals surface area contributed by atoms with E-state index < -0.39 is 28.8 Å². The fourth-order valence-corrected chi connectivity index (χ4v) is 1.55. The van der Waals surface area contributed by atoms with Gasteiger partial charge in [-0.25, -0.2) is 13.2 Å². The van der Waals surface area contributed by atoms with Crippen LogP contribution in [0.2, 0.25) is 0 Å². The van der Waals surface area contributed by atoms with Crippen molar-refractivity contribution in [2.24, 2.45) is 0 Å². The van der Waals surface area contributed by atoms with Crippen molar-refractivity contribution in [2.75, 3.05) is 0 Å². The Morgan fingerprint density at radius 1 is 1.10 bits per heavy atom. The van der Waals surface area contributed by atoms with Crippen LogP contribution in [0.25, 0.3) is 0 Å². The average molecular weight is 277 g/mol. The highest BCUT2D eigenvalue weighted by Gasteiger charge is 2.17. The topological polar surface area (TPSA) is 50.1 Å². The molecule has 0 unspecified atom stereocenters. The van der Waals surface area contributed by atoms with Crippen molar-refractivity contribution in [1.29, 1.82) is 5.26 Å². The maximum Gasteiger partial charge on any atom is 0.198 e. The van der Waals surface area contributed by atoms with Crippen molar-refractivity contribution >= 4 is 6.29 Å². The highest BCUT2D eigenvalue weighted by molar-refractivity contribution is 5.75. The summed E-state index contributed by atoms with van der Waals surface area (Å²) in [5.74, 6) is -4.24. The second-order valence-corrected chi connectivity index (χ2v) is 3.76. The normalized spacial score (nSPS) is 9.90. The standard InChI is InChI=1S/C14H6F3NO2/c15-10-2-1-3-13(9(10)6-18)20-14-11(16)4-8(7-19)5-12(14)17/h1-5,7H. The number of hydrogen-bond donors (Lipinski definition) is 0. The molecule has 0 atom stereocenters. The molecule has 100 valence electrons. The molecule has 0 aliphatic rings. The van der Waals surface area contributed by atoms with Crippen LogP contribution < -0.4 is 4.74 Å². The molecule has 0 spiro atoms. The summed E-state index contributed by atoms with van der Waals surface area (Å²) >= 11 is 0. The Balaban J connectivity index is 2.49. The first-order valence-corrected chi connectivity index (χ1v) is 5.37. The molecule has 2 rings (SSSR count). The van der Waals surface area contributed by atoms with E-state index in [9.17, 15) is 18.0 Å². The van der Waals surface area contributed by atoms with E-state index in [-0.39, 0.29) is 17.6 Å². The molecule has 0 heterocycles. The number of carbonyl (C=O) groups is 1. The van der Waals surface area contributed by atoms with Gasteiger partial charge in [0.15, 0.2) is 17.4 Å². The lowest BCUT2D eigenvalue weighted by atomic mass is 10.2. The van der Waals surface area contributed by atoms with Gasteiger partial charge in [0.05, 0.1) is 0 Å². The Labute approximate surface area is 111 Å². The molecule has 0 fully saturated rings. The van der Waals surface area contributed by atoms with Crippen LogP contribution >= 0.6 is 0 Å². The van der Waals surface area contributed by atoms with E-state index in [0.29, 0.717) is 0 Å². The molecule has 0 saturated heterocycles. The Morgan fingerprint density at radius 2 is 1.75 bits per heavy atom. The van der Waals surface area contributed by atoms with Crippen LogP contribution in [-0.4, -0.2) is 6.29 Å². The monoisotopic (exact) mass is 277 g/mol. The Morgan fingerprint density at radius 3 is 2.30 bits per heavy atom. The van der Waals surface area contributed by atoms with Gasteiger partial charge in [-0.2, -0.15) is 5.26 Å². The molecular weight excluding hydrogens is 271 g/mol. The summed E-state index contributed by atoms with van der Waals surface area (Å²) in [7, 11) is 0. The number of nitrogens with zero attached hydrogens (tertiary/aromatic N) is 1. The fourth-order valence-electron chi connectivity index (χ4n) is 1.55. The van der Waals surface area contributed by atoms with Gasteiger partial charge < -0.3 is 4.74 Å². The van der Waals surface area contributed by atoms with E-state index in [0.717, 1.165) is 18.2 Å². The summed E-state index contributed by atoms with van der Waals surface area (Å²) in [6.07, 6.45) is 0.277. The van der Waals surface area contributed by atoms with Crippen LogP contribution in [0.3, 0.4) is 0 Å². The molecule has 0 radical (unpaired) electrons. The molecular formula is C14H6F3NO2. The largest absolute Gasteiger partial charge is 0.450 e. The molecule has 2 aromatic carbocycles. The zero-order chi connectivity index (χ0) is 14.7. The number of nitriles is 1. The Bertz CT molecular complexity index is 700. The lowest BCUT2D eigenvalue weighted by Crippen LogP contribution is -1.97. The number of rotatable bonds is 3. The lowest BCUT2D eigenvalue weighted by Gasteiger charge is -2.10.